The van der Waals surface area contributed by atoms with Crippen molar-refractivity contribution in [1.82, 2.24) is 19.9 Å². The Balaban J connectivity index is 1.27. The first-order chi connectivity index (χ1) is 13.9. The van der Waals surface area contributed by atoms with E-state index in [1.54, 1.807) is 12.4 Å². The molecule has 1 aliphatic heterocycles. The standard InChI is InChI=1S/C21H25N7/c1-2-6-18(7-3-1)8-4-10-22-19-9-13-25-21(26-19)28-16-14-27(15-17-28)20-23-11-5-12-24-20/h1-3,5-7,9,11-13H,4,8,10,14-17H2,(H,22,25,26). The Bertz CT molecular complexity index is 849. The lowest BCUT2D eigenvalue weighted by molar-refractivity contribution is 0.628. The summed E-state index contributed by atoms with van der Waals surface area (Å²) in [6.07, 6.45) is 7.53. The molecule has 28 heavy (non-hydrogen) atoms. The molecule has 1 saturated heterocycles. The van der Waals surface area contributed by atoms with E-state index in [2.05, 4.69) is 60.4 Å². The number of aromatic nitrogens is 4. The first-order valence-corrected chi connectivity index (χ1v) is 9.76. The van der Waals surface area contributed by atoms with Gasteiger partial charge in [0.2, 0.25) is 11.9 Å². The molecule has 1 fully saturated rings. The molecule has 1 N–H and O–H groups in total. The van der Waals surface area contributed by atoms with Gasteiger partial charge in [-0.1, -0.05) is 30.3 Å². The second kappa shape index (κ2) is 9.12. The molecule has 7 heteroatoms. The SMILES string of the molecule is c1ccc(CCCNc2ccnc(N3CCN(c4ncccn4)CC3)n2)cc1. The number of rotatable bonds is 7. The molecule has 0 radical (unpaired) electrons. The van der Waals surface area contributed by atoms with Gasteiger partial charge in [-0.15, -0.1) is 0 Å². The second-order valence-electron chi connectivity index (χ2n) is 6.78. The predicted octanol–water partition coefficient (Wildman–Crippen LogP) is 2.64. The highest BCUT2D eigenvalue weighted by molar-refractivity contribution is 5.43. The molecule has 0 saturated carbocycles. The number of piperazine rings is 1. The second-order valence-corrected chi connectivity index (χ2v) is 6.78. The lowest BCUT2D eigenvalue weighted by atomic mass is 10.1. The third-order valence-electron chi connectivity index (χ3n) is 4.83. The quantitative estimate of drug-likeness (QED) is 0.637. The van der Waals surface area contributed by atoms with Gasteiger partial charge in [0.05, 0.1) is 0 Å². The predicted molar refractivity (Wildman–Crippen MR) is 112 cm³/mol. The molecule has 144 valence electrons. The molecule has 0 spiro atoms. The lowest BCUT2D eigenvalue weighted by Crippen LogP contribution is -2.47. The first kappa shape index (κ1) is 18.2. The molecule has 7 nitrogen and oxygen atoms in total. The number of hydrogen-bond acceptors (Lipinski definition) is 7. The van der Waals surface area contributed by atoms with Crippen molar-refractivity contribution in [3.8, 4) is 0 Å². The summed E-state index contributed by atoms with van der Waals surface area (Å²) >= 11 is 0. The van der Waals surface area contributed by atoms with Crippen molar-refractivity contribution in [2.24, 2.45) is 0 Å². The molecule has 0 aliphatic carbocycles. The monoisotopic (exact) mass is 375 g/mol. The van der Waals surface area contributed by atoms with E-state index in [9.17, 15) is 0 Å². The van der Waals surface area contributed by atoms with E-state index in [-0.39, 0.29) is 0 Å². The van der Waals surface area contributed by atoms with Gasteiger partial charge in [-0.2, -0.15) is 4.98 Å². The summed E-state index contributed by atoms with van der Waals surface area (Å²) in [6, 6.07) is 14.3. The fourth-order valence-electron chi connectivity index (χ4n) is 3.31. The minimum absolute atomic E-state index is 0.779. The summed E-state index contributed by atoms with van der Waals surface area (Å²) < 4.78 is 0. The van der Waals surface area contributed by atoms with Crippen LogP contribution >= 0.6 is 0 Å². The largest absolute Gasteiger partial charge is 0.370 e. The average Bonchev–Trinajstić information content (AvgIpc) is 2.78. The number of hydrogen-bond donors (Lipinski definition) is 1. The maximum atomic E-state index is 4.69. The zero-order valence-electron chi connectivity index (χ0n) is 15.9. The number of nitrogens with zero attached hydrogens (tertiary/aromatic N) is 6. The van der Waals surface area contributed by atoms with E-state index < -0.39 is 0 Å². The van der Waals surface area contributed by atoms with Crippen molar-refractivity contribution in [2.45, 2.75) is 12.8 Å². The minimum Gasteiger partial charge on any atom is -0.370 e. The third kappa shape index (κ3) is 4.73. The average molecular weight is 375 g/mol. The Kier molecular flexibility index (Phi) is 5.92. The van der Waals surface area contributed by atoms with Gasteiger partial charge < -0.3 is 15.1 Å². The van der Waals surface area contributed by atoms with Gasteiger partial charge in [0, 0.05) is 51.3 Å². The van der Waals surface area contributed by atoms with Gasteiger partial charge in [-0.05, 0) is 30.5 Å². The van der Waals surface area contributed by atoms with Crippen molar-refractivity contribution >= 4 is 17.7 Å². The normalized spacial score (nSPS) is 14.1. The summed E-state index contributed by atoms with van der Waals surface area (Å²) in [7, 11) is 0. The lowest BCUT2D eigenvalue weighted by Gasteiger charge is -2.34. The summed E-state index contributed by atoms with van der Waals surface area (Å²) in [5.74, 6) is 2.45. The highest BCUT2D eigenvalue weighted by Gasteiger charge is 2.20. The molecule has 0 amide bonds. The number of benzene rings is 1. The maximum absolute atomic E-state index is 4.69. The molecular formula is C21H25N7. The van der Waals surface area contributed by atoms with Crippen molar-refractivity contribution in [1.29, 1.82) is 0 Å². The number of nitrogens with one attached hydrogen (secondary N) is 1. The number of aryl methyl sites for hydroxylation is 1. The van der Waals surface area contributed by atoms with Gasteiger partial charge in [-0.25, -0.2) is 15.0 Å². The number of anilines is 3. The minimum atomic E-state index is 0.779. The maximum Gasteiger partial charge on any atom is 0.227 e. The fraction of sp³-hybridized carbons (Fsp3) is 0.333. The summed E-state index contributed by atoms with van der Waals surface area (Å²) in [5, 5.41) is 3.42. The summed E-state index contributed by atoms with van der Waals surface area (Å²) in [5.41, 5.74) is 1.37. The Morgan fingerprint density at radius 3 is 2.18 bits per heavy atom. The van der Waals surface area contributed by atoms with Crippen LogP contribution in [0.3, 0.4) is 0 Å². The molecular weight excluding hydrogens is 350 g/mol. The topological polar surface area (TPSA) is 70.1 Å². The molecule has 0 unspecified atom stereocenters. The van der Waals surface area contributed by atoms with Crippen molar-refractivity contribution in [2.75, 3.05) is 47.8 Å². The van der Waals surface area contributed by atoms with Gasteiger partial charge in [0.25, 0.3) is 0 Å². The smallest absolute Gasteiger partial charge is 0.227 e. The molecule has 3 heterocycles. The van der Waals surface area contributed by atoms with Crippen molar-refractivity contribution < 1.29 is 0 Å². The van der Waals surface area contributed by atoms with Crippen LogP contribution in [0.4, 0.5) is 17.7 Å². The van der Waals surface area contributed by atoms with Crippen LogP contribution in [-0.2, 0) is 6.42 Å². The van der Waals surface area contributed by atoms with Gasteiger partial charge >= 0.3 is 0 Å². The van der Waals surface area contributed by atoms with Crippen molar-refractivity contribution in [3.63, 3.8) is 0 Å². The molecule has 0 atom stereocenters. The van der Waals surface area contributed by atoms with Crippen LogP contribution in [0.1, 0.15) is 12.0 Å². The zero-order chi connectivity index (χ0) is 19.0. The van der Waals surface area contributed by atoms with Crippen LogP contribution in [0.2, 0.25) is 0 Å². The molecule has 2 aromatic heterocycles. The highest BCUT2D eigenvalue weighted by atomic mass is 15.4. The molecule has 0 bridgehead atoms. The highest BCUT2D eigenvalue weighted by Crippen LogP contribution is 2.16. The van der Waals surface area contributed by atoms with E-state index in [0.717, 1.165) is 63.3 Å². The molecule has 1 aromatic carbocycles. The Morgan fingerprint density at radius 1 is 0.750 bits per heavy atom. The summed E-state index contributed by atoms with van der Waals surface area (Å²) in [4.78, 5) is 22.2. The van der Waals surface area contributed by atoms with E-state index in [1.807, 2.05) is 18.3 Å². The van der Waals surface area contributed by atoms with Crippen LogP contribution in [-0.4, -0.2) is 52.7 Å². The fourth-order valence-corrected chi connectivity index (χ4v) is 3.31. The Labute approximate surface area is 165 Å². The molecule has 3 aromatic rings. The Morgan fingerprint density at radius 2 is 1.43 bits per heavy atom. The van der Waals surface area contributed by atoms with E-state index in [4.69, 9.17) is 4.98 Å². The van der Waals surface area contributed by atoms with Crippen LogP contribution in [0.25, 0.3) is 0 Å². The van der Waals surface area contributed by atoms with Crippen LogP contribution in [0.5, 0.6) is 0 Å². The van der Waals surface area contributed by atoms with Crippen LogP contribution in [0.15, 0.2) is 61.1 Å². The van der Waals surface area contributed by atoms with E-state index in [1.165, 1.54) is 5.56 Å². The van der Waals surface area contributed by atoms with Gasteiger partial charge in [0.15, 0.2) is 0 Å². The van der Waals surface area contributed by atoms with Crippen LogP contribution in [0, 0.1) is 0 Å². The molecule has 1 aliphatic rings. The van der Waals surface area contributed by atoms with Crippen molar-refractivity contribution in [3.05, 3.63) is 66.6 Å². The van der Waals surface area contributed by atoms with E-state index >= 15 is 0 Å². The van der Waals surface area contributed by atoms with Gasteiger partial charge in [-0.3, -0.25) is 0 Å². The van der Waals surface area contributed by atoms with E-state index in [0.29, 0.717) is 0 Å². The summed E-state index contributed by atoms with van der Waals surface area (Å²) in [6.45, 7) is 4.33. The Hall–Kier alpha value is -3.22. The van der Waals surface area contributed by atoms with Gasteiger partial charge in [0.1, 0.15) is 5.82 Å². The molecule has 4 rings (SSSR count). The third-order valence-corrected chi connectivity index (χ3v) is 4.83. The van der Waals surface area contributed by atoms with Crippen LogP contribution < -0.4 is 15.1 Å². The zero-order valence-corrected chi connectivity index (χ0v) is 15.9. The first-order valence-electron chi connectivity index (χ1n) is 9.76.